The van der Waals surface area contributed by atoms with E-state index in [-0.39, 0.29) is 15.7 Å². The van der Waals surface area contributed by atoms with E-state index in [1.165, 1.54) is 12.1 Å². The molecule has 94 valence electrons. The van der Waals surface area contributed by atoms with E-state index in [0.29, 0.717) is 17.0 Å². The monoisotopic (exact) mass is 304 g/mol. The van der Waals surface area contributed by atoms with Crippen molar-refractivity contribution in [2.75, 3.05) is 5.01 Å². The fraction of sp³-hybridized carbons (Fsp3) is 0.182. The molecule has 0 fully saturated rings. The van der Waals surface area contributed by atoms with Crippen molar-refractivity contribution in [3.05, 3.63) is 27.2 Å². The SMILES string of the molecule is CC1=NN(c2c(Cl)cc(Cl)cc2Cl)C(=O)[C@@H]1C=O. The highest BCUT2D eigenvalue weighted by Gasteiger charge is 2.36. The number of nitrogens with zero attached hydrogens (tertiary/aromatic N) is 2. The van der Waals surface area contributed by atoms with Gasteiger partial charge in [-0.3, -0.25) is 4.79 Å². The smallest absolute Gasteiger partial charge is 0.263 e. The van der Waals surface area contributed by atoms with E-state index in [9.17, 15) is 9.59 Å². The zero-order chi connectivity index (χ0) is 13.4. The lowest BCUT2D eigenvalue weighted by molar-refractivity contribution is -0.123. The van der Waals surface area contributed by atoms with Crippen LogP contribution in [0.1, 0.15) is 6.92 Å². The summed E-state index contributed by atoms with van der Waals surface area (Å²) in [7, 11) is 0. The standard InChI is InChI=1S/C11H7Cl3N2O2/c1-5-7(4-17)11(18)16(15-5)10-8(13)2-6(12)3-9(10)14/h2-4,7H,1H3/t7-/m1/s1. The minimum absolute atomic E-state index is 0.198. The van der Waals surface area contributed by atoms with Crippen molar-refractivity contribution in [1.82, 2.24) is 0 Å². The van der Waals surface area contributed by atoms with Gasteiger partial charge in [-0.1, -0.05) is 34.8 Å². The fourth-order valence-corrected chi connectivity index (χ4v) is 2.61. The molecule has 0 saturated carbocycles. The van der Waals surface area contributed by atoms with Crippen LogP contribution in [-0.2, 0) is 9.59 Å². The number of halogens is 3. The second kappa shape index (κ2) is 4.88. The van der Waals surface area contributed by atoms with E-state index in [4.69, 9.17) is 34.8 Å². The van der Waals surface area contributed by atoms with Gasteiger partial charge in [0.25, 0.3) is 5.91 Å². The van der Waals surface area contributed by atoms with E-state index >= 15 is 0 Å². The van der Waals surface area contributed by atoms with Crippen LogP contribution in [0.15, 0.2) is 17.2 Å². The first-order chi connectivity index (χ1) is 8.45. The molecule has 0 saturated heterocycles. The Bertz CT molecular complexity index is 548. The van der Waals surface area contributed by atoms with Crippen LogP contribution in [0.3, 0.4) is 0 Å². The Balaban J connectivity index is 2.52. The van der Waals surface area contributed by atoms with Gasteiger partial charge in [-0.25, -0.2) is 0 Å². The van der Waals surface area contributed by atoms with Gasteiger partial charge >= 0.3 is 0 Å². The summed E-state index contributed by atoms with van der Waals surface area (Å²) in [6.45, 7) is 1.59. The Morgan fingerprint density at radius 2 is 1.83 bits per heavy atom. The molecule has 0 N–H and O–H groups in total. The van der Waals surface area contributed by atoms with E-state index in [1.54, 1.807) is 6.92 Å². The second-order valence-electron chi connectivity index (χ2n) is 3.72. The van der Waals surface area contributed by atoms with Gasteiger partial charge in [0.2, 0.25) is 0 Å². The van der Waals surface area contributed by atoms with Gasteiger partial charge in [0, 0.05) is 5.02 Å². The molecule has 18 heavy (non-hydrogen) atoms. The van der Waals surface area contributed by atoms with Crippen LogP contribution in [-0.4, -0.2) is 17.9 Å². The number of carbonyl (C=O) groups is 2. The zero-order valence-electron chi connectivity index (χ0n) is 9.15. The predicted molar refractivity (Wildman–Crippen MR) is 71.6 cm³/mol. The molecule has 1 aromatic rings. The molecule has 1 amide bonds. The molecule has 1 aromatic carbocycles. The van der Waals surface area contributed by atoms with Gasteiger partial charge in [0.15, 0.2) is 0 Å². The minimum Gasteiger partial charge on any atom is -0.302 e. The summed E-state index contributed by atoms with van der Waals surface area (Å²) < 4.78 is 0. The third kappa shape index (κ3) is 2.11. The summed E-state index contributed by atoms with van der Waals surface area (Å²) in [6, 6.07) is 2.91. The first-order valence-electron chi connectivity index (χ1n) is 4.94. The second-order valence-corrected chi connectivity index (χ2v) is 4.97. The van der Waals surface area contributed by atoms with Gasteiger partial charge in [-0.15, -0.1) is 0 Å². The first kappa shape index (κ1) is 13.3. The van der Waals surface area contributed by atoms with Crippen molar-refractivity contribution in [3.63, 3.8) is 0 Å². The van der Waals surface area contributed by atoms with Crippen LogP contribution in [0.4, 0.5) is 5.69 Å². The molecule has 1 heterocycles. The lowest BCUT2D eigenvalue weighted by Gasteiger charge is -2.16. The van der Waals surface area contributed by atoms with Gasteiger partial charge in [0.05, 0.1) is 15.8 Å². The lowest BCUT2D eigenvalue weighted by atomic mass is 10.1. The Morgan fingerprint density at radius 1 is 1.28 bits per heavy atom. The van der Waals surface area contributed by atoms with Crippen molar-refractivity contribution < 1.29 is 9.59 Å². The lowest BCUT2D eigenvalue weighted by Crippen LogP contribution is -2.28. The highest BCUT2D eigenvalue weighted by atomic mass is 35.5. The van der Waals surface area contributed by atoms with Crippen LogP contribution in [0.2, 0.25) is 15.1 Å². The van der Waals surface area contributed by atoms with E-state index < -0.39 is 11.8 Å². The Labute approximate surface area is 118 Å². The molecular formula is C11H7Cl3N2O2. The summed E-state index contributed by atoms with van der Waals surface area (Å²) in [5.74, 6) is -1.36. The third-order valence-corrected chi connectivity index (χ3v) is 3.31. The molecule has 1 atom stereocenters. The summed E-state index contributed by atoms with van der Waals surface area (Å²) in [6.07, 6.45) is 0.541. The molecule has 0 spiro atoms. The number of hydrogen-bond donors (Lipinski definition) is 0. The predicted octanol–water partition coefficient (Wildman–Crippen LogP) is 3.18. The normalized spacial score (nSPS) is 19.1. The van der Waals surface area contributed by atoms with Crippen LogP contribution in [0, 0.1) is 5.92 Å². The van der Waals surface area contributed by atoms with Crippen molar-refractivity contribution in [3.8, 4) is 0 Å². The zero-order valence-corrected chi connectivity index (χ0v) is 11.4. The van der Waals surface area contributed by atoms with Gasteiger partial charge in [0.1, 0.15) is 17.9 Å². The van der Waals surface area contributed by atoms with Crippen LogP contribution in [0.25, 0.3) is 0 Å². The summed E-state index contributed by atoms with van der Waals surface area (Å²) in [5, 5.41) is 5.79. The average molecular weight is 306 g/mol. The summed E-state index contributed by atoms with van der Waals surface area (Å²) in [4.78, 5) is 22.8. The number of rotatable bonds is 2. The average Bonchev–Trinajstić information content (AvgIpc) is 2.53. The van der Waals surface area contributed by atoms with Gasteiger partial charge in [-0.05, 0) is 19.1 Å². The van der Waals surface area contributed by atoms with E-state index in [1.807, 2.05) is 0 Å². The van der Waals surface area contributed by atoms with Crippen molar-refractivity contribution in [1.29, 1.82) is 0 Å². The Morgan fingerprint density at radius 3 is 2.28 bits per heavy atom. The highest BCUT2D eigenvalue weighted by molar-refractivity contribution is 6.43. The molecule has 2 rings (SSSR count). The molecule has 0 aliphatic carbocycles. The number of hydrogen-bond acceptors (Lipinski definition) is 3. The van der Waals surface area contributed by atoms with E-state index in [0.717, 1.165) is 5.01 Å². The Kier molecular flexibility index (Phi) is 3.61. The molecule has 1 aliphatic rings. The molecule has 4 nitrogen and oxygen atoms in total. The van der Waals surface area contributed by atoms with Crippen molar-refractivity contribution in [2.24, 2.45) is 11.0 Å². The summed E-state index contributed by atoms with van der Waals surface area (Å²) in [5.41, 5.74) is 0.633. The maximum atomic E-state index is 12.0. The van der Waals surface area contributed by atoms with Crippen LogP contribution < -0.4 is 5.01 Å². The Hall–Kier alpha value is -1.10. The largest absolute Gasteiger partial charge is 0.302 e. The number of amides is 1. The maximum Gasteiger partial charge on any atom is 0.263 e. The molecule has 0 aromatic heterocycles. The molecular weight excluding hydrogens is 298 g/mol. The topological polar surface area (TPSA) is 49.7 Å². The molecule has 0 radical (unpaired) electrons. The summed E-state index contributed by atoms with van der Waals surface area (Å²) >= 11 is 17.8. The third-order valence-electron chi connectivity index (χ3n) is 2.51. The number of anilines is 1. The quantitative estimate of drug-likeness (QED) is 0.622. The molecule has 1 aliphatic heterocycles. The number of carbonyl (C=O) groups excluding carboxylic acids is 2. The van der Waals surface area contributed by atoms with Crippen molar-refractivity contribution in [2.45, 2.75) is 6.92 Å². The molecule has 0 unspecified atom stereocenters. The first-order valence-corrected chi connectivity index (χ1v) is 6.08. The minimum atomic E-state index is -0.882. The highest BCUT2D eigenvalue weighted by Crippen LogP contribution is 2.38. The van der Waals surface area contributed by atoms with E-state index in [2.05, 4.69) is 5.10 Å². The van der Waals surface area contributed by atoms with Gasteiger partial charge in [-0.2, -0.15) is 10.1 Å². The van der Waals surface area contributed by atoms with Crippen molar-refractivity contribution >= 4 is 58.4 Å². The number of benzene rings is 1. The van der Waals surface area contributed by atoms with Crippen LogP contribution in [0.5, 0.6) is 0 Å². The fourth-order valence-electron chi connectivity index (χ4n) is 1.63. The van der Waals surface area contributed by atoms with Crippen LogP contribution >= 0.6 is 34.8 Å². The molecule has 0 bridgehead atoms. The molecule has 7 heteroatoms. The maximum absolute atomic E-state index is 12.0. The number of hydrazone groups is 1. The number of aldehydes is 1. The van der Waals surface area contributed by atoms with Gasteiger partial charge < -0.3 is 4.79 Å².